The summed E-state index contributed by atoms with van der Waals surface area (Å²) in [5.41, 5.74) is 1.08. The highest BCUT2D eigenvalue weighted by molar-refractivity contribution is 5.92. The third-order valence-electron chi connectivity index (χ3n) is 4.05. The van der Waals surface area contributed by atoms with E-state index in [1.807, 2.05) is 0 Å². The Morgan fingerprint density at radius 3 is 2.87 bits per heavy atom. The second kappa shape index (κ2) is 6.78. The van der Waals surface area contributed by atoms with E-state index in [-0.39, 0.29) is 31.0 Å². The van der Waals surface area contributed by atoms with Gasteiger partial charge in [-0.05, 0) is 18.9 Å². The largest absolute Gasteiger partial charge is 0.467 e. The van der Waals surface area contributed by atoms with Crippen LogP contribution in [0.15, 0.2) is 18.2 Å². The molecule has 1 fully saturated rings. The fraction of sp³-hybridized carbons (Fsp3) is 0.438. The Labute approximate surface area is 133 Å². The van der Waals surface area contributed by atoms with Gasteiger partial charge in [-0.25, -0.2) is 0 Å². The molecule has 1 aliphatic heterocycles. The molecule has 0 radical (unpaired) electrons. The van der Waals surface area contributed by atoms with E-state index < -0.39 is 4.92 Å². The van der Waals surface area contributed by atoms with E-state index >= 15 is 0 Å². The number of nitro groups is 1. The lowest BCUT2D eigenvalue weighted by molar-refractivity contribution is -0.385. The van der Waals surface area contributed by atoms with E-state index in [0.29, 0.717) is 16.9 Å². The van der Waals surface area contributed by atoms with Gasteiger partial charge in [0.2, 0.25) is 5.91 Å². The van der Waals surface area contributed by atoms with Crippen LogP contribution in [0.5, 0.6) is 5.75 Å². The van der Waals surface area contributed by atoms with Gasteiger partial charge in [-0.15, -0.1) is 0 Å². The Balaban J connectivity index is 1.80. The summed E-state index contributed by atoms with van der Waals surface area (Å²) in [7, 11) is 0. The first-order valence-electron chi connectivity index (χ1n) is 7.64. The number of nitrogens with one attached hydrogen (secondary N) is 1. The second-order valence-corrected chi connectivity index (χ2v) is 5.71. The number of rotatable bonds is 4. The molecule has 1 amide bonds. The first-order valence-corrected chi connectivity index (χ1v) is 7.64. The minimum atomic E-state index is -0.467. The third kappa shape index (κ3) is 3.68. The quantitative estimate of drug-likeness (QED) is 0.523. The number of fused-ring (bicyclic) bond motifs is 1. The van der Waals surface area contributed by atoms with Crippen molar-refractivity contribution in [1.29, 1.82) is 0 Å². The van der Waals surface area contributed by atoms with Crippen molar-refractivity contribution in [3.05, 3.63) is 39.4 Å². The molecular formula is C16H18N2O5. The Hall–Kier alpha value is -2.41. The summed E-state index contributed by atoms with van der Waals surface area (Å²) in [4.78, 5) is 22.5. The molecule has 1 aromatic rings. The predicted molar refractivity (Wildman–Crippen MR) is 82.8 cm³/mol. The molecule has 7 heteroatoms. The molecular weight excluding hydrogens is 300 g/mol. The highest BCUT2D eigenvalue weighted by atomic mass is 16.7. The molecule has 2 aliphatic rings. The average molecular weight is 318 g/mol. The number of ether oxygens (including phenoxy) is 2. The average Bonchev–Trinajstić information content (AvgIpc) is 3.05. The SMILES string of the molecule is O=C(C=Cc1cc([N+](=O)[O-])cc2c1OCOC2)NC1CCCC1. The third-order valence-corrected chi connectivity index (χ3v) is 4.05. The molecule has 0 saturated heterocycles. The molecule has 0 spiro atoms. The fourth-order valence-corrected chi connectivity index (χ4v) is 2.95. The van der Waals surface area contributed by atoms with Gasteiger partial charge >= 0.3 is 0 Å². The van der Waals surface area contributed by atoms with Gasteiger partial charge < -0.3 is 14.8 Å². The highest BCUT2D eigenvalue weighted by Gasteiger charge is 2.20. The summed E-state index contributed by atoms with van der Waals surface area (Å²) in [6.07, 6.45) is 7.25. The Morgan fingerprint density at radius 2 is 2.13 bits per heavy atom. The molecule has 23 heavy (non-hydrogen) atoms. The van der Waals surface area contributed by atoms with Crippen molar-refractivity contribution in [3.8, 4) is 5.75 Å². The van der Waals surface area contributed by atoms with Crippen molar-refractivity contribution in [1.82, 2.24) is 5.32 Å². The normalized spacial score (nSPS) is 17.7. The summed E-state index contributed by atoms with van der Waals surface area (Å²) in [5, 5.41) is 14.0. The number of hydrogen-bond acceptors (Lipinski definition) is 5. The van der Waals surface area contributed by atoms with E-state index in [0.717, 1.165) is 25.7 Å². The lowest BCUT2D eigenvalue weighted by atomic mass is 10.1. The van der Waals surface area contributed by atoms with Gasteiger partial charge in [0.05, 0.1) is 11.5 Å². The number of carbonyl (C=O) groups is 1. The predicted octanol–water partition coefficient (Wildman–Crippen LogP) is 2.53. The van der Waals surface area contributed by atoms with E-state index in [2.05, 4.69) is 5.32 Å². The highest BCUT2D eigenvalue weighted by Crippen LogP contribution is 2.33. The number of hydrogen-bond donors (Lipinski definition) is 1. The van der Waals surface area contributed by atoms with E-state index in [1.165, 1.54) is 18.2 Å². The summed E-state index contributed by atoms with van der Waals surface area (Å²) < 4.78 is 10.6. The van der Waals surface area contributed by atoms with Crippen LogP contribution in [0.4, 0.5) is 5.69 Å². The molecule has 0 unspecified atom stereocenters. The molecule has 0 bridgehead atoms. The van der Waals surface area contributed by atoms with Gasteiger partial charge in [-0.2, -0.15) is 0 Å². The fourth-order valence-electron chi connectivity index (χ4n) is 2.95. The van der Waals surface area contributed by atoms with Crippen LogP contribution in [0.25, 0.3) is 6.08 Å². The van der Waals surface area contributed by atoms with Gasteiger partial charge in [-0.1, -0.05) is 12.8 Å². The number of amides is 1. The standard InChI is InChI=1S/C16H18N2O5/c19-15(17-13-3-1-2-4-13)6-5-11-7-14(18(20)21)8-12-9-22-10-23-16(11)12/h5-8,13H,1-4,9-10H2,(H,17,19). The molecule has 1 heterocycles. The van der Waals surface area contributed by atoms with Crippen LogP contribution in [0.2, 0.25) is 0 Å². The van der Waals surface area contributed by atoms with Crippen molar-refractivity contribution in [2.45, 2.75) is 38.3 Å². The van der Waals surface area contributed by atoms with Crippen molar-refractivity contribution < 1.29 is 19.2 Å². The Bertz CT molecular complexity index is 650. The van der Waals surface area contributed by atoms with Gasteiger partial charge in [0.1, 0.15) is 5.75 Å². The van der Waals surface area contributed by atoms with Crippen LogP contribution in [0, 0.1) is 10.1 Å². The minimum absolute atomic E-state index is 0.0475. The molecule has 7 nitrogen and oxygen atoms in total. The maximum atomic E-state index is 12.0. The molecule has 0 aromatic heterocycles. The van der Waals surface area contributed by atoms with E-state index in [1.54, 1.807) is 6.08 Å². The van der Waals surface area contributed by atoms with E-state index in [4.69, 9.17) is 9.47 Å². The lowest BCUT2D eigenvalue weighted by Gasteiger charge is -2.19. The number of benzene rings is 1. The second-order valence-electron chi connectivity index (χ2n) is 5.71. The Morgan fingerprint density at radius 1 is 1.35 bits per heavy atom. The number of nitrogens with zero attached hydrogens (tertiary/aromatic N) is 1. The number of non-ortho nitro benzene ring substituents is 1. The van der Waals surface area contributed by atoms with Gasteiger partial charge in [-0.3, -0.25) is 14.9 Å². The van der Waals surface area contributed by atoms with Crippen molar-refractivity contribution in [3.63, 3.8) is 0 Å². The maximum Gasteiger partial charge on any atom is 0.270 e. The number of nitro benzene ring substituents is 1. The molecule has 1 saturated carbocycles. The van der Waals surface area contributed by atoms with Gasteiger partial charge in [0.15, 0.2) is 6.79 Å². The molecule has 1 aliphatic carbocycles. The zero-order chi connectivity index (χ0) is 16.2. The van der Waals surface area contributed by atoms with E-state index in [9.17, 15) is 14.9 Å². The topological polar surface area (TPSA) is 90.7 Å². The first-order chi connectivity index (χ1) is 11.1. The lowest BCUT2D eigenvalue weighted by Crippen LogP contribution is -2.30. The van der Waals surface area contributed by atoms with Gasteiger partial charge in [0.25, 0.3) is 5.69 Å². The van der Waals surface area contributed by atoms with Crippen molar-refractivity contribution in [2.75, 3.05) is 6.79 Å². The van der Waals surface area contributed by atoms with Crippen molar-refractivity contribution >= 4 is 17.7 Å². The summed E-state index contributed by atoms with van der Waals surface area (Å²) in [6.45, 7) is 0.353. The van der Waals surface area contributed by atoms with Gasteiger partial charge in [0, 0.05) is 35.4 Å². The van der Waals surface area contributed by atoms with Crippen LogP contribution in [0.3, 0.4) is 0 Å². The van der Waals surface area contributed by atoms with Crippen LogP contribution < -0.4 is 10.1 Å². The van der Waals surface area contributed by atoms with Crippen LogP contribution >= 0.6 is 0 Å². The summed E-state index contributed by atoms with van der Waals surface area (Å²) in [6, 6.07) is 3.07. The molecule has 1 N–H and O–H groups in total. The Kier molecular flexibility index (Phi) is 4.57. The summed E-state index contributed by atoms with van der Waals surface area (Å²) >= 11 is 0. The molecule has 1 aromatic carbocycles. The molecule has 122 valence electrons. The first kappa shape index (κ1) is 15.5. The minimum Gasteiger partial charge on any atom is -0.467 e. The smallest absolute Gasteiger partial charge is 0.270 e. The molecule has 0 atom stereocenters. The summed E-state index contributed by atoms with van der Waals surface area (Å²) in [5.74, 6) is 0.344. The van der Waals surface area contributed by atoms with Crippen LogP contribution in [-0.2, 0) is 16.1 Å². The maximum absolute atomic E-state index is 12.0. The zero-order valence-electron chi connectivity index (χ0n) is 12.6. The zero-order valence-corrected chi connectivity index (χ0v) is 12.6. The number of carbonyl (C=O) groups excluding carboxylic acids is 1. The van der Waals surface area contributed by atoms with Crippen molar-refractivity contribution in [2.24, 2.45) is 0 Å². The monoisotopic (exact) mass is 318 g/mol. The molecule has 3 rings (SSSR count). The van der Waals surface area contributed by atoms with Crippen LogP contribution in [0.1, 0.15) is 36.8 Å². The van der Waals surface area contributed by atoms with Crippen LogP contribution in [-0.4, -0.2) is 23.7 Å².